The van der Waals surface area contributed by atoms with Crippen LogP contribution in [0.25, 0.3) is 0 Å². The molecule has 0 radical (unpaired) electrons. The van der Waals surface area contributed by atoms with Crippen molar-refractivity contribution in [1.29, 1.82) is 0 Å². The molecule has 1 aromatic rings. The number of fused-ring (bicyclic) bond motifs is 1. The highest BCUT2D eigenvalue weighted by Crippen LogP contribution is 2.33. The third-order valence-electron chi connectivity index (χ3n) is 1.92. The normalized spacial score (nSPS) is 16.2. The molecular formula is C9H11NO2. The van der Waals surface area contributed by atoms with Gasteiger partial charge in [0, 0.05) is 6.04 Å². The summed E-state index contributed by atoms with van der Waals surface area (Å²) in [6.45, 7) is 2.26. The van der Waals surface area contributed by atoms with Crippen LogP contribution in [-0.4, -0.2) is 6.79 Å². The van der Waals surface area contributed by atoms with Crippen LogP contribution in [0.2, 0.25) is 0 Å². The Hall–Kier alpha value is -1.22. The van der Waals surface area contributed by atoms with E-state index in [9.17, 15) is 0 Å². The molecule has 12 heavy (non-hydrogen) atoms. The molecule has 2 N–H and O–H groups in total. The summed E-state index contributed by atoms with van der Waals surface area (Å²) in [5.74, 6) is 1.60. The maximum absolute atomic E-state index is 5.71. The molecule has 64 valence electrons. The number of nitrogens with two attached hydrogens (primary N) is 1. The summed E-state index contributed by atoms with van der Waals surface area (Å²) in [6.07, 6.45) is 0. The Morgan fingerprint density at radius 2 is 2.08 bits per heavy atom. The van der Waals surface area contributed by atoms with E-state index < -0.39 is 0 Å². The van der Waals surface area contributed by atoms with Crippen molar-refractivity contribution in [2.24, 2.45) is 5.73 Å². The van der Waals surface area contributed by atoms with Gasteiger partial charge in [-0.3, -0.25) is 0 Å². The van der Waals surface area contributed by atoms with Crippen LogP contribution in [0, 0.1) is 0 Å². The van der Waals surface area contributed by atoms with Gasteiger partial charge in [0.2, 0.25) is 6.79 Å². The molecule has 0 unspecified atom stereocenters. The molecular weight excluding hydrogens is 154 g/mol. The Bertz CT molecular complexity index is 297. The molecule has 0 aromatic heterocycles. The summed E-state index contributed by atoms with van der Waals surface area (Å²) in [5.41, 5.74) is 6.78. The first-order valence-corrected chi connectivity index (χ1v) is 3.92. The number of rotatable bonds is 1. The number of hydrogen-bond donors (Lipinski definition) is 1. The predicted octanol–water partition coefficient (Wildman–Crippen LogP) is 1.44. The van der Waals surface area contributed by atoms with Crippen LogP contribution in [0.1, 0.15) is 18.5 Å². The van der Waals surface area contributed by atoms with Crippen LogP contribution in [0.4, 0.5) is 0 Å². The monoisotopic (exact) mass is 165 g/mol. The summed E-state index contributed by atoms with van der Waals surface area (Å²) in [4.78, 5) is 0. The van der Waals surface area contributed by atoms with Crippen molar-refractivity contribution >= 4 is 0 Å². The molecule has 1 heterocycles. The zero-order valence-electron chi connectivity index (χ0n) is 6.91. The van der Waals surface area contributed by atoms with E-state index in [2.05, 4.69) is 0 Å². The molecule has 1 aliphatic heterocycles. The highest BCUT2D eigenvalue weighted by molar-refractivity contribution is 5.45. The van der Waals surface area contributed by atoms with Crippen molar-refractivity contribution in [1.82, 2.24) is 0 Å². The lowest BCUT2D eigenvalue weighted by Crippen LogP contribution is -2.04. The van der Waals surface area contributed by atoms with E-state index >= 15 is 0 Å². The van der Waals surface area contributed by atoms with Gasteiger partial charge in [-0.2, -0.15) is 0 Å². The minimum Gasteiger partial charge on any atom is -0.454 e. The molecule has 0 aliphatic carbocycles. The molecule has 1 atom stereocenters. The summed E-state index contributed by atoms with van der Waals surface area (Å²) in [7, 11) is 0. The van der Waals surface area contributed by atoms with Gasteiger partial charge in [-0.15, -0.1) is 0 Å². The fourth-order valence-electron chi connectivity index (χ4n) is 1.20. The average Bonchev–Trinajstić information content (AvgIpc) is 2.49. The Balaban J connectivity index is 2.39. The van der Waals surface area contributed by atoms with Crippen molar-refractivity contribution in [2.75, 3.05) is 6.79 Å². The van der Waals surface area contributed by atoms with Crippen LogP contribution in [-0.2, 0) is 0 Å². The number of hydrogen-bond acceptors (Lipinski definition) is 3. The second-order valence-electron chi connectivity index (χ2n) is 2.90. The number of benzene rings is 1. The zero-order valence-corrected chi connectivity index (χ0v) is 6.91. The van der Waals surface area contributed by atoms with E-state index in [4.69, 9.17) is 15.2 Å². The van der Waals surface area contributed by atoms with Gasteiger partial charge in [-0.05, 0) is 24.6 Å². The van der Waals surface area contributed by atoms with E-state index in [1.54, 1.807) is 0 Å². The fraction of sp³-hybridized carbons (Fsp3) is 0.333. The Morgan fingerprint density at radius 3 is 2.83 bits per heavy atom. The van der Waals surface area contributed by atoms with E-state index in [1.165, 1.54) is 0 Å². The summed E-state index contributed by atoms with van der Waals surface area (Å²) in [5, 5.41) is 0. The van der Waals surface area contributed by atoms with Gasteiger partial charge in [0.25, 0.3) is 0 Å². The first kappa shape index (κ1) is 7.43. The summed E-state index contributed by atoms with van der Waals surface area (Å²) >= 11 is 0. The maximum atomic E-state index is 5.71. The third kappa shape index (κ3) is 1.12. The van der Waals surface area contributed by atoms with Gasteiger partial charge in [0.05, 0.1) is 0 Å². The lowest BCUT2D eigenvalue weighted by molar-refractivity contribution is 0.174. The first-order chi connectivity index (χ1) is 5.77. The van der Waals surface area contributed by atoms with Crippen molar-refractivity contribution in [3.8, 4) is 11.5 Å². The quantitative estimate of drug-likeness (QED) is 0.684. The SMILES string of the molecule is C[C@H](N)c1ccc2c(c1)OCO2. The third-order valence-corrected chi connectivity index (χ3v) is 1.92. The average molecular weight is 165 g/mol. The van der Waals surface area contributed by atoms with Gasteiger partial charge in [0.1, 0.15) is 0 Å². The van der Waals surface area contributed by atoms with Gasteiger partial charge in [-0.25, -0.2) is 0 Å². The molecule has 0 amide bonds. The van der Waals surface area contributed by atoms with E-state index in [0.29, 0.717) is 6.79 Å². The molecule has 3 nitrogen and oxygen atoms in total. The largest absolute Gasteiger partial charge is 0.454 e. The van der Waals surface area contributed by atoms with E-state index in [-0.39, 0.29) is 6.04 Å². The van der Waals surface area contributed by atoms with Gasteiger partial charge < -0.3 is 15.2 Å². The first-order valence-electron chi connectivity index (χ1n) is 3.92. The number of ether oxygens (including phenoxy) is 2. The Labute approximate surface area is 71.1 Å². The van der Waals surface area contributed by atoms with E-state index in [0.717, 1.165) is 17.1 Å². The van der Waals surface area contributed by atoms with Crippen molar-refractivity contribution < 1.29 is 9.47 Å². The second-order valence-corrected chi connectivity index (χ2v) is 2.90. The van der Waals surface area contributed by atoms with Crippen LogP contribution in [0.15, 0.2) is 18.2 Å². The minimum atomic E-state index is 0.0412. The van der Waals surface area contributed by atoms with Crippen molar-refractivity contribution in [3.63, 3.8) is 0 Å². The van der Waals surface area contributed by atoms with Crippen molar-refractivity contribution in [2.45, 2.75) is 13.0 Å². The second kappa shape index (κ2) is 2.68. The summed E-state index contributed by atoms with van der Waals surface area (Å²) in [6, 6.07) is 5.81. The summed E-state index contributed by atoms with van der Waals surface area (Å²) < 4.78 is 10.4. The lowest BCUT2D eigenvalue weighted by Gasteiger charge is -2.05. The Morgan fingerprint density at radius 1 is 1.33 bits per heavy atom. The fourth-order valence-corrected chi connectivity index (χ4v) is 1.20. The van der Waals surface area contributed by atoms with Crippen LogP contribution in [0.5, 0.6) is 11.5 Å². The Kier molecular flexibility index (Phi) is 1.66. The van der Waals surface area contributed by atoms with Gasteiger partial charge in [0.15, 0.2) is 11.5 Å². The van der Waals surface area contributed by atoms with Crippen LogP contribution >= 0.6 is 0 Å². The maximum Gasteiger partial charge on any atom is 0.231 e. The molecule has 2 rings (SSSR count). The van der Waals surface area contributed by atoms with Crippen LogP contribution < -0.4 is 15.2 Å². The molecule has 0 saturated heterocycles. The molecule has 1 aromatic carbocycles. The predicted molar refractivity (Wildman–Crippen MR) is 45.2 cm³/mol. The molecule has 3 heteroatoms. The molecule has 0 spiro atoms. The van der Waals surface area contributed by atoms with E-state index in [1.807, 2.05) is 25.1 Å². The van der Waals surface area contributed by atoms with Gasteiger partial charge in [-0.1, -0.05) is 6.07 Å². The minimum absolute atomic E-state index is 0.0412. The lowest BCUT2D eigenvalue weighted by atomic mass is 10.1. The molecule has 1 aliphatic rings. The smallest absolute Gasteiger partial charge is 0.231 e. The molecule has 0 bridgehead atoms. The van der Waals surface area contributed by atoms with Crippen LogP contribution in [0.3, 0.4) is 0 Å². The van der Waals surface area contributed by atoms with Gasteiger partial charge >= 0.3 is 0 Å². The highest BCUT2D eigenvalue weighted by Gasteiger charge is 2.13. The standard InChI is InChI=1S/C9H11NO2/c1-6(10)7-2-3-8-9(4-7)12-5-11-8/h2-4,6H,5,10H2,1H3/t6-/m0/s1. The molecule has 0 saturated carbocycles. The zero-order chi connectivity index (χ0) is 8.55. The molecule has 0 fully saturated rings. The van der Waals surface area contributed by atoms with Crippen molar-refractivity contribution in [3.05, 3.63) is 23.8 Å². The topological polar surface area (TPSA) is 44.5 Å². The highest BCUT2D eigenvalue weighted by atomic mass is 16.7.